The van der Waals surface area contributed by atoms with E-state index in [1.807, 2.05) is 12.1 Å². The van der Waals surface area contributed by atoms with Gasteiger partial charge >= 0.3 is 0 Å². The van der Waals surface area contributed by atoms with Gasteiger partial charge in [-0.15, -0.1) is 0 Å². The Labute approximate surface area is 199 Å². The van der Waals surface area contributed by atoms with E-state index < -0.39 is 9.84 Å². The van der Waals surface area contributed by atoms with Gasteiger partial charge in [0.1, 0.15) is 0 Å². The van der Waals surface area contributed by atoms with Crippen LogP contribution in [0.4, 0.5) is 5.69 Å². The maximum absolute atomic E-state index is 12.9. The van der Waals surface area contributed by atoms with Crippen molar-refractivity contribution in [3.8, 4) is 0 Å². The average Bonchev–Trinajstić information content (AvgIpc) is 2.72. The zero-order chi connectivity index (χ0) is 22.2. The van der Waals surface area contributed by atoms with Gasteiger partial charge in [0, 0.05) is 25.5 Å². The fourth-order valence-electron chi connectivity index (χ4n) is 2.99. The molecule has 158 valence electrons. The van der Waals surface area contributed by atoms with E-state index in [9.17, 15) is 13.2 Å². The number of benzene rings is 3. The van der Waals surface area contributed by atoms with E-state index in [-0.39, 0.29) is 26.6 Å². The second-order valence-corrected chi connectivity index (χ2v) is 11.1. The van der Waals surface area contributed by atoms with E-state index in [4.69, 9.17) is 34.8 Å². The van der Waals surface area contributed by atoms with Crippen LogP contribution in [0.5, 0.6) is 0 Å². The molecule has 9 heteroatoms. The number of thioether (sulfide) groups is 1. The van der Waals surface area contributed by atoms with Gasteiger partial charge in [-0.05, 0) is 54.1 Å². The molecular weight excluding hydrogens is 497 g/mol. The number of rotatable bonds is 4. The summed E-state index contributed by atoms with van der Waals surface area (Å²) in [5, 5.41) is 3.96. The summed E-state index contributed by atoms with van der Waals surface area (Å²) in [6.45, 7) is 0. The minimum absolute atomic E-state index is 0.0771. The number of carbonyl (C=O) groups is 1. The summed E-state index contributed by atoms with van der Waals surface area (Å²) in [6.07, 6.45) is 1.75. The third-order valence-electron chi connectivity index (χ3n) is 4.57. The first kappa shape index (κ1) is 22.2. The van der Waals surface area contributed by atoms with Crippen molar-refractivity contribution in [2.75, 3.05) is 5.32 Å². The first-order chi connectivity index (χ1) is 14.7. The summed E-state index contributed by atoms with van der Waals surface area (Å²) < 4.78 is 25.9. The fraction of sp³-hybridized carbons (Fsp3) is 0.0455. The van der Waals surface area contributed by atoms with Crippen LogP contribution in [0, 0.1) is 0 Å². The Bertz CT molecular complexity index is 1300. The lowest BCUT2D eigenvalue weighted by molar-refractivity contribution is -0.112. The minimum atomic E-state index is -3.73. The normalized spacial score (nSPS) is 14.9. The molecule has 0 aromatic heterocycles. The molecule has 4 rings (SSSR count). The van der Waals surface area contributed by atoms with Crippen LogP contribution in [0.3, 0.4) is 0 Å². The lowest BCUT2D eigenvalue weighted by atomic mass is 10.2. The number of fused-ring (bicyclic) bond motifs is 1. The Morgan fingerprint density at radius 2 is 1.61 bits per heavy atom. The molecule has 31 heavy (non-hydrogen) atoms. The van der Waals surface area contributed by atoms with Crippen LogP contribution >= 0.6 is 46.6 Å². The second kappa shape index (κ2) is 8.88. The molecule has 0 saturated carbocycles. The predicted molar refractivity (Wildman–Crippen MR) is 128 cm³/mol. The monoisotopic (exact) mass is 509 g/mol. The third-order valence-corrected chi connectivity index (χ3v) is 8.27. The minimum Gasteiger partial charge on any atom is -0.320 e. The molecule has 1 aliphatic heterocycles. The van der Waals surface area contributed by atoms with Crippen molar-refractivity contribution in [1.29, 1.82) is 0 Å². The summed E-state index contributed by atoms with van der Waals surface area (Å²) in [5.74, 6) is -0.649. The van der Waals surface area contributed by atoms with Crippen LogP contribution in [-0.4, -0.2) is 14.3 Å². The Hall–Kier alpha value is -1.96. The highest BCUT2D eigenvalue weighted by Gasteiger charge is 2.25. The van der Waals surface area contributed by atoms with Gasteiger partial charge < -0.3 is 5.32 Å². The molecule has 1 heterocycles. The molecule has 0 atom stereocenters. The molecule has 0 radical (unpaired) electrons. The Kier molecular flexibility index (Phi) is 6.37. The van der Waals surface area contributed by atoms with Crippen LogP contribution in [0.1, 0.15) is 11.1 Å². The maximum atomic E-state index is 12.9. The third kappa shape index (κ3) is 4.94. The van der Waals surface area contributed by atoms with Crippen LogP contribution in [0.25, 0.3) is 6.08 Å². The van der Waals surface area contributed by atoms with Gasteiger partial charge in [-0.2, -0.15) is 0 Å². The number of halogens is 3. The molecular formula is C22H14Cl3NO3S2. The number of amides is 1. The SMILES string of the molecule is O=C1Nc2cc(S(=O)(=O)Cc3c(Cl)cccc3Cl)ccc2S/C1=C\c1ccc(Cl)cc1. The smallest absolute Gasteiger partial charge is 0.262 e. The quantitative estimate of drug-likeness (QED) is 0.396. The zero-order valence-electron chi connectivity index (χ0n) is 15.7. The molecule has 0 unspecified atom stereocenters. The summed E-state index contributed by atoms with van der Waals surface area (Å²) in [7, 11) is -3.73. The maximum Gasteiger partial charge on any atom is 0.262 e. The molecule has 0 bridgehead atoms. The zero-order valence-corrected chi connectivity index (χ0v) is 19.6. The standard InChI is InChI=1S/C22H14Cl3NO3S2/c23-14-6-4-13(5-7-14)10-21-22(27)26-19-11-15(8-9-20(19)30-21)31(28,29)12-16-17(24)2-1-3-18(16)25/h1-11H,12H2,(H,26,27)/b21-10-. The van der Waals surface area contributed by atoms with E-state index in [0.717, 1.165) is 10.5 Å². The number of sulfone groups is 1. The first-order valence-corrected chi connectivity index (χ1v) is 12.6. The van der Waals surface area contributed by atoms with Gasteiger partial charge in [-0.1, -0.05) is 64.8 Å². The van der Waals surface area contributed by atoms with E-state index in [1.165, 1.54) is 23.9 Å². The predicted octanol–water partition coefficient (Wildman–Crippen LogP) is 6.71. The van der Waals surface area contributed by atoms with Gasteiger partial charge in [-0.3, -0.25) is 4.79 Å². The van der Waals surface area contributed by atoms with Crippen LogP contribution in [0.15, 0.2) is 75.4 Å². The summed E-state index contributed by atoms with van der Waals surface area (Å²) >= 11 is 19.4. The van der Waals surface area contributed by atoms with Crippen molar-refractivity contribution in [2.45, 2.75) is 15.5 Å². The summed E-state index contributed by atoms with van der Waals surface area (Å²) in [6, 6.07) is 16.6. The largest absolute Gasteiger partial charge is 0.320 e. The topological polar surface area (TPSA) is 63.2 Å². The van der Waals surface area contributed by atoms with E-state index in [1.54, 1.807) is 42.5 Å². The molecule has 0 fully saturated rings. The van der Waals surface area contributed by atoms with E-state index in [0.29, 0.717) is 21.2 Å². The molecule has 4 nitrogen and oxygen atoms in total. The van der Waals surface area contributed by atoms with Crippen LogP contribution in [0.2, 0.25) is 15.1 Å². The van der Waals surface area contributed by atoms with Crippen molar-refractivity contribution < 1.29 is 13.2 Å². The van der Waals surface area contributed by atoms with Gasteiger partial charge in [-0.25, -0.2) is 8.42 Å². The van der Waals surface area contributed by atoms with Crippen molar-refractivity contribution in [3.63, 3.8) is 0 Å². The van der Waals surface area contributed by atoms with Crippen LogP contribution < -0.4 is 5.32 Å². The Morgan fingerprint density at radius 1 is 0.935 bits per heavy atom. The summed E-state index contributed by atoms with van der Waals surface area (Å²) in [5.41, 5.74) is 1.62. The van der Waals surface area contributed by atoms with Crippen molar-refractivity contribution >= 4 is 74.1 Å². The van der Waals surface area contributed by atoms with Crippen LogP contribution in [-0.2, 0) is 20.4 Å². The molecule has 0 saturated heterocycles. The summed E-state index contributed by atoms with van der Waals surface area (Å²) in [4.78, 5) is 13.9. The highest BCUT2D eigenvalue weighted by Crippen LogP contribution is 2.40. The fourth-order valence-corrected chi connectivity index (χ4v) is 6.16. The van der Waals surface area contributed by atoms with Crippen molar-refractivity contribution in [2.24, 2.45) is 0 Å². The van der Waals surface area contributed by atoms with Gasteiger partial charge in [0.2, 0.25) is 0 Å². The molecule has 0 spiro atoms. The number of carbonyl (C=O) groups excluding carboxylic acids is 1. The van der Waals surface area contributed by atoms with Crippen molar-refractivity contribution in [1.82, 2.24) is 0 Å². The first-order valence-electron chi connectivity index (χ1n) is 8.99. The molecule has 0 aliphatic carbocycles. The highest BCUT2D eigenvalue weighted by atomic mass is 35.5. The molecule has 1 amide bonds. The Balaban J connectivity index is 1.62. The lowest BCUT2D eigenvalue weighted by Crippen LogP contribution is -2.18. The number of anilines is 1. The number of nitrogens with one attached hydrogen (secondary N) is 1. The highest BCUT2D eigenvalue weighted by molar-refractivity contribution is 8.04. The van der Waals surface area contributed by atoms with E-state index >= 15 is 0 Å². The average molecular weight is 511 g/mol. The molecule has 1 N–H and O–H groups in total. The number of hydrogen-bond donors (Lipinski definition) is 1. The van der Waals surface area contributed by atoms with Gasteiger partial charge in [0.25, 0.3) is 5.91 Å². The van der Waals surface area contributed by atoms with Crippen molar-refractivity contribution in [3.05, 3.63) is 91.8 Å². The molecule has 3 aromatic rings. The van der Waals surface area contributed by atoms with E-state index in [2.05, 4.69) is 5.32 Å². The number of hydrogen-bond acceptors (Lipinski definition) is 4. The lowest BCUT2D eigenvalue weighted by Gasteiger charge is -2.19. The Morgan fingerprint density at radius 3 is 2.29 bits per heavy atom. The van der Waals surface area contributed by atoms with Gasteiger partial charge in [0.15, 0.2) is 9.84 Å². The second-order valence-electron chi connectivity index (χ2n) is 6.73. The molecule has 1 aliphatic rings. The molecule has 3 aromatic carbocycles. The van der Waals surface area contributed by atoms with Gasteiger partial charge in [0.05, 0.1) is 21.2 Å².